The highest BCUT2D eigenvalue weighted by molar-refractivity contribution is 5.95. The van der Waals surface area contributed by atoms with E-state index in [1.165, 1.54) is 12.1 Å². The fourth-order valence-electron chi connectivity index (χ4n) is 4.01. The van der Waals surface area contributed by atoms with Crippen LogP contribution in [0.15, 0.2) is 36.7 Å². The topological polar surface area (TPSA) is 79.3 Å². The Morgan fingerprint density at radius 2 is 1.97 bits per heavy atom. The maximum absolute atomic E-state index is 13.9. The first-order valence-corrected chi connectivity index (χ1v) is 10.2. The van der Waals surface area contributed by atoms with E-state index in [4.69, 9.17) is 0 Å². The molecule has 0 aliphatic carbocycles. The molecule has 1 unspecified atom stereocenters. The second-order valence-electron chi connectivity index (χ2n) is 7.73. The second kappa shape index (κ2) is 8.73. The summed E-state index contributed by atoms with van der Waals surface area (Å²) in [5, 5.41) is 10.7. The lowest BCUT2D eigenvalue weighted by molar-refractivity contribution is 0.0693. The summed E-state index contributed by atoms with van der Waals surface area (Å²) in [6, 6.07) is 6.31. The normalized spacial score (nSPS) is 20.4. The van der Waals surface area contributed by atoms with E-state index in [9.17, 15) is 14.0 Å². The first-order valence-electron chi connectivity index (χ1n) is 10.2. The Bertz CT molecular complexity index is 869. The van der Waals surface area contributed by atoms with Gasteiger partial charge in [0.25, 0.3) is 11.8 Å². The van der Waals surface area contributed by atoms with Crippen molar-refractivity contribution in [2.75, 3.05) is 26.2 Å². The molecule has 2 aliphatic rings. The van der Waals surface area contributed by atoms with E-state index in [0.717, 1.165) is 25.9 Å². The number of hydrogen-bond acceptors (Lipinski definition) is 4. The van der Waals surface area contributed by atoms with Crippen molar-refractivity contribution in [1.29, 1.82) is 0 Å². The van der Waals surface area contributed by atoms with Crippen LogP contribution in [-0.4, -0.2) is 58.7 Å². The molecule has 0 saturated carbocycles. The molecule has 0 spiro atoms. The third kappa shape index (κ3) is 4.48. The summed E-state index contributed by atoms with van der Waals surface area (Å²) in [5.41, 5.74) is 0.653. The van der Waals surface area contributed by atoms with Crippen molar-refractivity contribution >= 4 is 11.8 Å². The Kier molecular flexibility index (Phi) is 5.89. The minimum atomic E-state index is -0.502. The number of halogens is 1. The third-order valence-electron chi connectivity index (χ3n) is 5.73. The first kappa shape index (κ1) is 19.6. The van der Waals surface area contributed by atoms with Crippen LogP contribution in [-0.2, 0) is 0 Å². The molecule has 2 fully saturated rings. The van der Waals surface area contributed by atoms with Crippen molar-refractivity contribution in [3.8, 4) is 0 Å². The quantitative estimate of drug-likeness (QED) is 0.824. The van der Waals surface area contributed by atoms with Gasteiger partial charge in [-0.15, -0.1) is 0 Å². The second-order valence-corrected chi connectivity index (χ2v) is 7.73. The van der Waals surface area contributed by atoms with Crippen LogP contribution < -0.4 is 10.6 Å². The molecule has 2 saturated heterocycles. The van der Waals surface area contributed by atoms with Crippen LogP contribution in [0.4, 0.5) is 4.39 Å². The average molecular weight is 399 g/mol. The van der Waals surface area contributed by atoms with Gasteiger partial charge in [0, 0.05) is 31.9 Å². The van der Waals surface area contributed by atoms with Gasteiger partial charge in [0.1, 0.15) is 5.82 Å². The van der Waals surface area contributed by atoms with Crippen LogP contribution in [0.25, 0.3) is 0 Å². The Morgan fingerprint density at radius 1 is 1.17 bits per heavy atom. The minimum absolute atomic E-state index is 0.00753. The monoisotopic (exact) mass is 399 g/mol. The summed E-state index contributed by atoms with van der Waals surface area (Å²) in [4.78, 5) is 26.7. The Morgan fingerprint density at radius 3 is 2.69 bits per heavy atom. The van der Waals surface area contributed by atoms with Crippen molar-refractivity contribution in [2.24, 2.45) is 0 Å². The summed E-state index contributed by atoms with van der Waals surface area (Å²) in [5.74, 6) is -0.938. The summed E-state index contributed by atoms with van der Waals surface area (Å²) in [6.07, 6.45) is 6.88. The number of rotatable bonds is 4. The number of likely N-dealkylation sites (tertiary alicyclic amines) is 1. The van der Waals surface area contributed by atoms with E-state index < -0.39 is 5.82 Å². The summed E-state index contributed by atoms with van der Waals surface area (Å²) in [7, 11) is 0. The highest BCUT2D eigenvalue weighted by Gasteiger charge is 2.26. The molecule has 2 amide bonds. The predicted octanol–water partition coefficient (Wildman–Crippen LogP) is 1.98. The number of piperidine rings is 2. The molecular weight excluding hydrogens is 373 g/mol. The van der Waals surface area contributed by atoms with E-state index in [-0.39, 0.29) is 29.5 Å². The molecule has 3 heterocycles. The lowest BCUT2D eigenvalue weighted by Gasteiger charge is -2.32. The van der Waals surface area contributed by atoms with Crippen molar-refractivity contribution in [1.82, 2.24) is 25.3 Å². The highest BCUT2D eigenvalue weighted by atomic mass is 19.1. The Hall–Kier alpha value is -2.74. The van der Waals surface area contributed by atoms with Gasteiger partial charge in [0.15, 0.2) is 0 Å². The van der Waals surface area contributed by atoms with Gasteiger partial charge in [0.2, 0.25) is 0 Å². The van der Waals surface area contributed by atoms with Gasteiger partial charge in [-0.25, -0.2) is 4.39 Å². The van der Waals surface area contributed by atoms with E-state index in [0.29, 0.717) is 31.5 Å². The number of carbonyl (C=O) groups excluding carboxylic acids is 2. The molecule has 1 aromatic heterocycles. The van der Waals surface area contributed by atoms with Crippen LogP contribution in [0.5, 0.6) is 0 Å². The molecule has 0 radical (unpaired) electrons. The maximum Gasteiger partial charge on any atom is 0.256 e. The first-order chi connectivity index (χ1) is 14.1. The van der Waals surface area contributed by atoms with Crippen molar-refractivity contribution in [2.45, 2.75) is 37.8 Å². The van der Waals surface area contributed by atoms with Crippen molar-refractivity contribution < 1.29 is 14.0 Å². The van der Waals surface area contributed by atoms with E-state index in [1.807, 2.05) is 10.9 Å². The summed E-state index contributed by atoms with van der Waals surface area (Å²) < 4.78 is 15.7. The molecule has 2 aromatic rings. The highest BCUT2D eigenvalue weighted by Crippen LogP contribution is 2.18. The van der Waals surface area contributed by atoms with Gasteiger partial charge >= 0.3 is 0 Å². The number of aromatic nitrogens is 2. The van der Waals surface area contributed by atoms with Gasteiger partial charge < -0.3 is 15.5 Å². The van der Waals surface area contributed by atoms with Crippen molar-refractivity contribution in [3.63, 3.8) is 0 Å². The Balaban J connectivity index is 1.29. The molecule has 0 bridgehead atoms. The molecule has 2 N–H and O–H groups in total. The number of nitrogens with zero attached hydrogens (tertiary/aromatic N) is 3. The lowest BCUT2D eigenvalue weighted by atomic mass is 10.0. The van der Waals surface area contributed by atoms with Gasteiger partial charge in [0.05, 0.1) is 23.4 Å². The fourth-order valence-corrected chi connectivity index (χ4v) is 4.01. The number of nitrogens with one attached hydrogen (secondary N) is 2. The molecule has 4 rings (SSSR count). The molecule has 1 atom stereocenters. The van der Waals surface area contributed by atoms with Gasteiger partial charge in [-0.2, -0.15) is 5.10 Å². The van der Waals surface area contributed by atoms with Crippen LogP contribution in [0.2, 0.25) is 0 Å². The summed E-state index contributed by atoms with van der Waals surface area (Å²) in [6.45, 7) is 2.89. The molecule has 7 nitrogen and oxygen atoms in total. The van der Waals surface area contributed by atoms with Crippen LogP contribution in [0.1, 0.15) is 52.4 Å². The zero-order valence-corrected chi connectivity index (χ0v) is 16.3. The Labute approximate surface area is 169 Å². The van der Waals surface area contributed by atoms with E-state index in [1.54, 1.807) is 23.2 Å². The maximum atomic E-state index is 13.9. The fraction of sp³-hybridized carbons (Fsp3) is 0.476. The van der Waals surface area contributed by atoms with Crippen LogP contribution in [0, 0.1) is 5.82 Å². The van der Waals surface area contributed by atoms with E-state index in [2.05, 4.69) is 15.7 Å². The van der Waals surface area contributed by atoms with Crippen LogP contribution >= 0.6 is 0 Å². The zero-order chi connectivity index (χ0) is 20.2. The number of benzene rings is 1. The van der Waals surface area contributed by atoms with Gasteiger partial charge in [-0.3, -0.25) is 14.3 Å². The summed E-state index contributed by atoms with van der Waals surface area (Å²) >= 11 is 0. The number of amides is 2. The smallest absolute Gasteiger partial charge is 0.256 e. The average Bonchev–Trinajstić information content (AvgIpc) is 3.25. The largest absolute Gasteiger partial charge is 0.349 e. The molecular formula is C21H26FN5O2. The lowest BCUT2D eigenvalue weighted by Crippen LogP contribution is -2.46. The molecule has 1 aromatic carbocycles. The van der Waals surface area contributed by atoms with Gasteiger partial charge in [-0.1, -0.05) is 12.1 Å². The zero-order valence-electron chi connectivity index (χ0n) is 16.3. The minimum Gasteiger partial charge on any atom is -0.349 e. The van der Waals surface area contributed by atoms with Crippen LogP contribution in [0.3, 0.4) is 0 Å². The molecule has 2 aliphatic heterocycles. The van der Waals surface area contributed by atoms with E-state index >= 15 is 0 Å². The third-order valence-corrected chi connectivity index (χ3v) is 5.73. The molecule has 29 heavy (non-hydrogen) atoms. The van der Waals surface area contributed by atoms with Gasteiger partial charge in [-0.05, 0) is 44.4 Å². The molecule has 154 valence electrons. The number of carbonyl (C=O) groups is 2. The standard InChI is InChI=1S/C21H26FN5O2/c22-19-6-2-1-5-18(19)21(29)26-10-7-16(8-11-26)25-20(28)15-12-24-27(14-15)17-4-3-9-23-13-17/h1-2,5-6,12,14,16-17,23H,3-4,7-11,13H2,(H,25,28). The molecule has 8 heteroatoms. The predicted molar refractivity (Wildman–Crippen MR) is 106 cm³/mol. The SMILES string of the molecule is O=C(NC1CCN(C(=O)c2ccccc2F)CC1)c1cnn(C2CCCNC2)c1. The van der Waals surface area contributed by atoms with Crippen molar-refractivity contribution in [3.05, 3.63) is 53.6 Å². The number of hydrogen-bond donors (Lipinski definition) is 2.